The van der Waals surface area contributed by atoms with Crippen molar-refractivity contribution in [3.8, 4) is 0 Å². The number of aryl methyl sites for hydroxylation is 1. The number of nitrogens with zero attached hydrogens (tertiary/aromatic N) is 1. The smallest absolute Gasteiger partial charge is 0.383 e. The van der Waals surface area contributed by atoms with Crippen LogP contribution in [0.4, 0.5) is 24.0 Å². The fourth-order valence-corrected chi connectivity index (χ4v) is 3.67. The molecule has 2 aromatic rings. The lowest BCUT2D eigenvalue weighted by Gasteiger charge is -2.11. The zero-order chi connectivity index (χ0) is 27.6. The zero-order valence-electron chi connectivity index (χ0n) is 21.3. The lowest BCUT2D eigenvalue weighted by atomic mass is 10.1. The Bertz CT molecular complexity index is 948. The Balaban J connectivity index is 1.50. The van der Waals surface area contributed by atoms with E-state index in [1.165, 1.54) is 0 Å². The molecule has 0 atom stereocenters. The number of carbonyl (C=O) groups is 1. The first kappa shape index (κ1) is 31.9. The van der Waals surface area contributed by atoms with E-state index in [2.05, 4.69) is 15.6 Å². The minimum Gasteiger partial charge on any atom is -0.383 e. The van der Waals surface area contributed by atoms with Crippen molar-refractivity contribution in [1.29, 1.82) is 0 Å². The van der Waals surface area contributed by atoms with Crippen LogP contribution >= 0.6 is 11.3 Å². The predicted octanol–water partition coefficient (Wildman–Crippen LogP) is 3.18. The van der Waals surface area contributed by atoms with Crippen molar-refractivity contribution in [1.82, 2.24) is 4.98 Å². The number of thiazole rings is 1. The fraction of sp³-hybridized carbons (Fsp3) is 0.583. The van der Waals surface area contributed by atoms with Crippen molar-refractivity contribution in [2.75, 3.05) is 89.8 Å². The van der Waals surface area contributed by atoms with Crippen LogP contribution in [0.15, 0.2) is 24.4 Å². The zero-order valence-corrected chi connectivity index (χ0v) is 22.1. The number of hydrogen-bond donors (Lipinski definition) is 3. The summed E-state index contributed by atoms with van der Waals surface area (Å²) in [7, 11) is 0. The summed E-state index contributed by atoms with van der Waals surface area (Å²) in [6.07, 6.45) is -3.79. The Labute approximate surface area is 223 Å². The highest BCUT2D eigenvalue weighted by Crippen LogP contribution is 2.35. The molecule has 0 saturated heterocycles. The molecule has 1 aromatic carbocycles. The fourth-order valence-electron chi connectivity index (χ4n) is 2.99. The van der Waals surface area contributed by atoms with Crippen LogP contribution in [-0.4, -0.2) is 90.0 Å². The number of halogens is 3. The molecule has 0 aliphatic heterocycles. The van der Waals surface area contributed by atoms with Gasteiger partial charge >= 0.3 is 6.18 Å². The van der Waals surface area contributed by atoms with Crippen molar-refractivity contribution in [3.63, 3.8) is 0 Å². The molecule has 0 saturated carbocycles. The van der Waals surface area contributed by atoms with Gasteiger partial charge < -0.3 is 34.7 Å². The average Bonchev–Trinajstić information content (AvgIpc) is 3.35. The summed E-state index contributed by atoms with van der Waals surface area (Å²) in [5.41, 5.74) is 7.11. The van der Waals surface area contributed by atoms with Gasteiger partial charge in [-0.25, -0.2) is 4.98 Å². The lowest BCUT2D eigenvalue weighted by Crippen LogP contribution is -2.16. The maximum absolute atomic E-state index is 12.7. The van der Waals surface area contributed by atoms with Gasteiger partial charge in [-0.1, -0.05) is 11.3 Å². The Hall–Kier alpha value is -2.33. The van der Waals surface area contributed by atoms with E-state index in [1.54, 1.807) is 25.1 Å². The largest absolute Gasteiger partial charge is 0.427 e. The van der Waals surface area contributed by atoms with Crippen LogP contribution in [0.1, 0.15) is 20.8 Å². The van der Waals surface area contributed by atoms with Crippen LogP contribution in [-0.2, 0) is 29.9 Å². The predicted molar refractivity (Wildman–Crippen MR) is 138 cm³/mol. The number of benzene rings is 1. The molecule has 0 fully saturated rings. The van der Waals surface area contributed by atoms with Gasteiger partial charge in [0.2, 0.25) is 0 Å². The highest BCUT2D eigenvalue weighted by atomic mass is 32.1. The van der Waals surface area contributed by atoms with E-state index in [4.69, 9.17) is 29.4 Å². The summed E-state index contributed by atoms with van der Waals surface area (Å²) in [6, 6.07) is 5.10. The monoisotopic (exact) mass is 564 g/mol. The summed E-state index contributed by atoms with van der Waals surface area (Å²) in [4.78, 5) is 15.2. The normalized spacial score (nSPS) is 11.6. The summed E-state index contributed by atoms with van der Waals surface area (Å²) in [6.45, 7) is 7.63. The van der Waals surface area contributed by atoms with Gasteiger partial charge in [0.25, 0.3) is 5.91 Å². The molecule has 0 aliphatic rings. The molecule has 4 N–H and O–H groups in total. The standard InChI is InChI=1S/C24H35F3N4O6S/c1-18-16-19(2-3-20(18)22(32)31-23-30-17-21(38-23)24(25,26)27)29-5-7-34-9-11-36-13-15-37-14-12-35-10-8-33-6-4-28/h2-3,16-17,29H,4-15,28H2,1H3,(H,30,31,32). The molecule has 1 aromatic heterocycles. The van der Waals surface area contributed by atoms with Crippen molar-refractivity contribution >= 4 is 28.1 Å². The van der Waals surface area contributed by atoms with Crippen LogP contribution < -0.4 is 16.4 Å². The summed E-state index contributed by atoms with van der Waals surface area (Å²) in [5, 5.41) is 5.49. The molecule has 0 spiro atoms. The van der Waals surface area contributed by atoms with E-state index < -0.39 is 17.0 Å². The Kier molecular flexibility index (Phi) is 15.1. The molecule has 14 heteroatoms. The number of alkyl halides is 3. The van der Waals surface area contributed by atoms with Gasteiger partial charge in [0, 0.05) is 24.3 Å². The molecule has 2 rings (SSSR count). The Morgan fingerprint density at radius 2 is 1.47 bits per heavy atom. The van der Waals surface area contributed by atoms with E-state index in [9.17, 15) is 18.0 Å². The molecule has 0 bridgehead atoms. The van der Waals surface area contributed by atoms with Gasteiger partial charge in [-0.05, 0) is 30.7 Å². The van der Waals surface area contributed by atoms with Gasteiger partial charge in [-0.3, -0.25) is 10.1 Å². The topological polar surface area (TPSA) is 126 Å². The molecule has 1 heterocycles. The van der Waals surface area contributed by atoms with E-state index in [1.807, 2.05) is 0 Å². The van der Waals surface area contributed by atoms with Gasteiger partial charge in [0.15, 0.2) is 5.13 Å². The number of rotatable bonds is 20. The summed E-state index contributed by atoms with van der Waals surface area (Å²) < 4.78 is 65.0. The number of anilines is 2. The van der Waals surface area contributed by atoms with Crippen molar-refractivity contribution in [2.24, 2.45) is 5.73 Å². The first-order valence-electron chi connectivity index (χ1n) is 12.1. The van der Waals surface area contributed by atoms with Crippen LogP contribution in [0, 0.1) is 6.92 Å². The summed E-state index contributed by atoms with van der Waals surface area (Å²) >= 11 is 0.380. The third kappa shape index (κ3) is 13.0. The molecule has 0 radical (unpaired) electrons. The van der Waals surface area contributed by atoms with E-state index >= 15 is 0 Å². The minimum absolute atomic E-state index is 0.108. The highest BCUT2D eigenvalue weighted by molar-refractivity contribution is 7.15. The molecule has 38 heavy (non-hydrogen) atoms. The highest BCUT2D eigenvalue weighted by Gasteiger charge is 2.33. The number of ether oxygens (including phenoxy) is 5. The minimum atomic E-state index is -4.49. The Morgan fingerprint density at radius 1 is 0.921 bits per heavy atom. The first-order chi connectivity index (χ1) is 18.3. The number of carbonyl (C=O) groups excluding carboxylic acids is 1. The van der Waals surface area contributed by atoms with Crippen LogP contribution in [0.2, 0.25) is 0 Å². The van der Waals surface area contributed by atoms with E-state index in [0.29, 0.717) is 108 Å². The number of nitrogens with two attached hydrogens (primary N) is 1. The number of nitrogens with one attached hydrogen (secondary N) is 2. The number of amides is 1. The van der Waals surface area contributed by atoms with E-state index in [0.717, 1.165) is 5.69 Å². The molecule has 0 aliphatic carbocycles. The lowest BCUT2D eigenvalue weighted by molar-refractivity contribution is -0.134. The third-order valence-electron chi connectivity index (χ3n) is 4.80. The van der Waals surface area contributed by atoms with Crippen LogP contribution in [0.5, 0.6) is 0 Å². The number of aromatic nitrogens is 1. The van der Waals surface area contributed by atoms with E-state index in [-0.39, 0.29) is 5.13 Å². The second kappa shape index (κ2) is 18.0. The first-order valence-corrected chi connectivity index (χ1v) is 12.9. The second-order valence-electron chi connectivity index (χ2n) is 7.79. The second-order valence-corrected chi connectivity index (χ2v) is 8.82. The Morgan fingerprint density at radius 3 is 1.97 bits per heavy atom. The van der Waals surface area contributed by atoms with Gasteiger partial charge in [-0.2, -0.15) is 13.2 Å². The van der Waals surface area contributed by atoms with Crippen molar-refractivity contribution in [2.45, 2.75) is 13.1 Å². The van der Waals surface area contributed by atoms with Crippen LogP contribution in [0.3, 0.4) is 0 Å². The maximum atomic E-state index is 12.7. The van der Waals surface area contributed by atoms with Crippen molar-refractivity contribution < 1.29 is 41.7 Å². The molecular formula is C24H35F3N4O6S. The van der Waals surface area contributed by atoms with Gasteiger partial charge in [0.1, 0.15) is 4.88 Å². The van der Waals surface area contributed by atoms with Gasteiger partial charge in [-0.15, -0.1) is 0 Å². The molecular weight excluding hydrogens is 529 g/mol. The van der Waals surface area contributed by atoms with Crippen LogP contribution in [0.25, 0.3) is 0 Å². The molecule has 214 valence electrons. The third-order valence-corrected chi connectivity index (χ3v) is 5.76. The van der Waals surface area contributed by atoms with Gasteiger partial charge in [0.05, 0.1) is 72.3 Å². The number of hydrogen-bond acceptors (Lipinski definition) is 10. The summed E-state index contributed by atoms with van der Waals surface area (Å²) in [5.74, 6) is -0.525. The quantitative estimate of drug-likeness (QED) is 0.208. The maximum Gasteiger partial charge on any atom is 0.427 e. The SMILES string of the molecule is Cc1cc(NCCOCCOCCOCCOCCOCCN)ccc1C(=O)Nc1ncc(C(F)(F)F)s1. The molecule has 1 amide bonds. The molecule has 0 unspecified atom stereocenters. The average molecular weight is 565 g/mol. The van der Waals surface area contributed by atoms with Crippen molar-refractivity contribution in [3.05, 3.63) is 40.4 Å². The molecule has 10 nitrogen and oxygen atoms in total.